The number of phenolic OH excluding ortho intramolecular Hbond substituents is 1. The minimum Gasteiger partial charge on any atom is -0.507 e. The zero-order chi connectivity index (χ0) is 14.0. The highest BCUT2D eigenvalue weighted by Crippen LogP contribution is 2.39. The first-order chi connectivity index (χ1) is 8.93. The van der Waals surface area contributed by atoms with Crippen molar-refractivity contribution in [3.8, 4) is 5.75 Å². The molecule has 0 heterocycles. The number of hydrogen-bond acceptors (Lipinski definition) is 2. The average Bonchev–Trinajstić information content (AvgIpc) is 2.38. The fourth-order valence-electron chi connectivity index (χ4n) is 3.01. The molecule has 2 nitrogen and oxygen atoms in total. The molecule has 0 spiro atoms. The van der Waals surface area contributed by atoms with Crippen LogP contribution in [0.15, 0.2) is 12.1 Å². The van der Waals surface area contributed by atoms with Gasteiger partial charge < -0.3 is 5.11 Å². The van der Waals surface area contributed by atoms with Crippen LogP contribution in [0.5, 0.6) is 5.75 Å². The van der Waals surface area contributed by atoms with Gasteiger partial charge in [-0.1, -0.05) is 46.1 Å². The van der Waals surface area contributed by atoms with E-state index in [1.54, 1.807) is 0 Å². The van der Waals surface area contributed by atoms with E-state index in [9.17, 15) is 9.90 Å². The van der Waals surface area contributed by atoms with Crippen LogP contribution in [0, 0.1) is 0 Å². The number of phenols is 1. The zero-order valence-electron chi connectivity index (χ0n) is 12.2. The van der Waals surface area contributed by atoms with Crippen LogP contribution in [-0.2, 0) is 5.41 Å². The summed E-state index contributed by atoms with van der Waals surface area (Å²) in [6.07, 6.45) is 7.04. The van der Waals surface area contributed by atoms with Gasteiger partial charge in [0.2, 0.25) is 0 Å². The maximum Gasteiger partial charge on any atom is 0.153 e. The average molecular weight is 260 g/mol. The number of aromatic hydroxyl groups is 1. The summed E-state index contributed by atoms with van der Waals surface area (Å²) < 4.78 is 0. The quantitative estimate of drug-likeness (QED) is 0.792. The van der Waals surface area contributed by atoms with Gasteiger partial charge in [0, 0.05) is 5.56 Å². The van der Waals surface area contributed by atoms with Crippen LogP contribution in [0.3, 0.4) is 0 Å². The first-order valence-electron chi connectivity index (χ1n) is 7.26. The third-order valence-corrected chi connectivity index (χ3v) is 4.17. The van der Waals surface area contributed by atoms with Crippen molar-refractivity contribution >= 4 is 6.29 Å². The summed E-state index contributed by atoms with van der Waals surface area (Å²) in [5.74, 6) is 0.705. The van der Waals surface area contributed by atoms with Gasteiger partial charge in [0.15, 0.2) is 6.29 Å². The van der Waals surface area contributed by atoms with Gasteiger partial charge in [0.1, 0.15) is 5.75 Å². The SMILES string of the molecule is CC(C)(C)c1cc(C2CCCCC2)cc(C=O)c1O. The Hall–Kier alpha value is -1.31. The van der Waals surface area contributed by atoms with E-state index in [-0.39, 0.29) is 11.2 Å². The zero-order valence-corrected chi connectivity index (χ0v) is 12.2. The van der Waals surface area contributed by atoms with Crippen molar-refractivity contribution in [2.24, 2.45) is 0 Å². The van der Waals surface area contributed by atoms with Crippen molar-refractivity contribution in [1.29, 1.82) is 0 Å². The minimum atomic E-state index is -0.146. The Kier molecular flexibility index (Phi) is 3.98. The second kappa shape index (κ2) is 5.36. The van der Waals surface area contributed by atoms with E-state index in [2.05, 4.69) is 26.8 Å². The monoisotopic (exact) mass is 260 g/mol. The largest absolute Gasteiger partial charge is 0.507 e. The molecule has 1 saturated carbocycles. The summed E-state index contributed by atoms with van der Waals surface area (Å²) in [5.41, 5.74) is 2.40. The Morgan fingerprint density at radius 3 is 2.32 bits per heavy atom. The van der Waals surface area contributed by atoms with Crippen molar-refractivity contribution in [2.45, 2.75) is 64.2 Å². The van der Waals surface area contributed by atoms with Gasteiger partial charge in [-0.3, -0.25) is 4.79 Å². The van der Waals surface area contributed by atoms with Gasteiger partial charge in [-0.15, -0.1) is 0 Å². The molecule has 0 aliphatic heterocycles. The van der Waals surface area contributed by atoms with Gasteiger partial charge >= 0.3 is 0 Å². The molecule has 0 bridgehead atoms. The smallest absolute Gasteiger partial charge is 0.153 e. The Morgan fingerprint density at radius 1 is 1.16 bits per heavy atom. The van der Waals surface area contributed by atoms with E-state index in [1.807, 2.05) is 6.07 Å². The molecule has 1 aromatic carbocycles. The molecule has 0 aromatic heterocycles. The fourth-order valence-corrected chi connectivity index (χ4v) is 3.01. The van der Waals surface area contributed by atoms with Crippen LogP contribution in [0.4, 0.5) is 0 Å². The Labute approximate surface area is 115 Å². The van der Waals surface area contributed by atoms with E-state index in [0.717, 1.165) is 11.8 Å². The molecule has 0 unspecified atom stereocenters. The first kappa shape index (κ1) is 14.1. The van der Waals surface area contributed by atoms with Crippen LogP contribution in [0.2, 0.25) is 0 Å². The summed E-state index contributed by atoms with van der Waals surface area (Å²) in [4.78, 5) is 11.2. The number of hydrogen-bond donors (Lipinski definition) is 1. The highest BCUT2D eigenvalue weighted by molar-refractivity contribution is 5.81. The molecular formula is C17H24O2. The van der Waals surface area contributed by atoms with Gasteiger partial charge in [0.05, 0.1) is 5.56 Å². The Morgan fingerprint density at radius 2 is 1.79 bits per heavy atom. The lowest BCUT2D eigenvalue weighted by molar-refractivity contribution is 0.112. The molecule has 104 valence electrons. The molecule has 1 N–H and O–H groups in total. The van der Waals surface area contributed by atoms with E-state index >= 15 is 0 Å². The van der Waals surface area contributed by atoms with Crippen LogP contribution in [0.25, 0.3) is 0 Å². The van der Waals surface area contributed by atoms with Crippen molar-refractivity contribution in [3.05, 3.63) is 28.8 Å². The normalized spacial score (nSPS) is 17.4. The molecule has 1 fully saturated rings. The second-order valence-corrected chi connectivity index (χ2v) is 6.71. The molecule has 0 amide bonds. The number of rotatable bonds is 2. The van der Waals surface area contributed by atoms with Crippen LogP contribution in [-0.4, -0.2) is 11.4 Å². The van der Waals surface area contributed by atoms with Crippen molar-refractivity contribution in [3.63, 3.8) is 0 Å². The van der Waals surface area contributed by atoms with E-state index in [1.165, 1.54) is 37.7 Å². The van der Waals surface area contributed by atoms with Crippen LogP contribution < -0.4 is 0 Å². The maximum atomic E-state index is 11.2. The number of carbonyl (C=O) groups excluding carboxylic acids is 1. The number of benzene rings is 1. The lowest BCUT2D eigenvalue weighted by Gasteiger charge is -2.26. The second-order valence-electron chi connectivity index (χ2n) is 6.71. The third-order valence-electron chi connectivity index (χ3n) is 4.17. The predicted octanol–water partition coefficient (Wildman–Crippen LogP) is 4.55. The standard InChI is InChI=1S/C17H24O2/c1-17(2,3)15-10-13(9-14(11-18)16(15)19)12-7-5-4-6-8-12/h9-12,19H,4-8H2,1-3H3. The van der Waals surface area contributed by atoms with Crippen molar-refractivity contribution < 1.29 is 9.90 Å². The molecule has 19 heavy (non-hydrogen) atoms. The summed E-state index contributed by atoms with van der Waals surface area (Å²) in [6, 6.07) is 3.99. The molecule has 1 aliphatic carbocycles. The van der Waals surface area contributed by atoms with Crippen LogP contribution in [0.1, 0.15) is 80.3 Å². The van der Waals surface area contributed by atoms with Crippen LogP contribution >= 0.6 is 0 Å². The molecule has 1 aromatic rings. The van der Waals surface area contributed by atoms with Crippen molar-refractivity contribution in [2.75, 3.05) is 0 Å². The molecule has 0 atom stereocenters. The molecular weight excluding hydrogens is 236 g/mol. The van der Waals surface area contributed by atoms with E-state index in [4.69, 9.17) is 0 Å². The molecule has 0 saturated heterocycles. The maximum absolute atomic E-state index is 11.2. The van der Waals surface area contributed by atoms with E-state index < -0.39 is 0 Å². The highest BCUT2D eigenvalue weighted by atomic mass is 16.3. The van der Waals surface area contributed by atoms with Gasteiger partial charge in [-0.25, -0.2) is 0 Å². The lowest BCUT2D eigenvalue weighted by Crippen LogP contribution is -2.14. The topological polar surface area (TPSA) is 37.3 Å². The Bertz CT molecular complexity index is 463. The lowest BCUT2D eigenvalue weighted by atomic mass is 9.79. The number of carbonyl (C=O) groups is 1. The van der Waals surface area contributed by atoms with Gasteiger partial charge in [0.25, 0.3) is 0 Å². The minimum absolute atomic E-state index is 0.146. The molecule has 2 heteroatoms. The molecule has 2 rings (SSSR count). The number of aldehydes is 1. The summed E-state index contributed by atoms with van der Waals surface area (Å²) in [6.45, 7) is 6.21. The van der Waals surface area contributed by atoms with Gasteiger partial charge in [-0.05, 0) is 35.8 Å². The Balaban J connectivity index is 2.47. The molecule has 1 aliphatic rings. The predicted molar refractivity (Wildman–Crippen MR) is 78.0 cm³/mol. The van der Waals surface area contributed by atoms with E-state index in [0.29, 0.717) is 11.5 Å². The van der Waals surface area contributed by atoms with Gasteiger partial charge in [-0.2, -0.15) is 0 Å². The summed E-state index contributed by atoms with van der Waals surface area (Å²) in [7, 11) is 0. The highest BCUT2D eigenvalue weighted by Gasteiger charge is 2.24. The summed E-state index contributed by atoms with van der Waals surface area (Å²) >= 11 is 0. The molecule has 0 radical (unpaired) electrons. The summed E-state index contributed by atoms with van der Waals surface area (Å²) in [5, 5.41) is 10.2. The first-order valence-corrected chi connectivity index (χ1v) is 7.26. The third kappa shape index (κ3) is 2.99. The fraction of sp³-hybridized carbons (Fsp3) is 0.588. The van der Waals surface area contributed by atoms with Crippen molar-refractivity contribution in [1.82, 2.24) is 0 Å².